The van der Waals surface area contributed by atoms with Crippen molar-refractivity contribution in [3.05, 3.63) is 53.6 Å². The molecule has 0 radical (unpaired) electrons. The first-order valence-electron chi connectivity index (χ1n) is 10.3. The molecule has 160 valence electrons. The number of β-amino-alcohol motifs (C(OH)–C–C–N with tert-alkyl or cyclic N) is 1. The number of aliphatic hydroxyl groups excluding tert-OH is 1. The van der Waals surface area contributed by atoms with Gasteiger partial charge in [-0.1, -0.05) is 18.2 Å². The van der Waals surface area contributed by atoms with Crippen LogP contribution in [-0.2, 0) is 6.54 Å². The van der Waals surface area contributed by atoms with Crippen LogP contribution in [0.1, 0.15) is 22.8 Å². The fourth-order valence-corrected chi connectivity index (χ4v) is 3.78. The van der Waals surface area contributed by atoms with Crippen molar-refractivity contribution >= 4 is 5.78 Å². The summed E-state index contributed by atoms with van der Waals surface area (Å²) in [4.78, 5) is 16.1. The maximum absolute atomic E-state index is 11.5. The molecule has 0 saturated carbocycles. The molecule has 1 saturated heterocycles. The molecule has 2 heterocycles. The molecule has 7 heteroatoms. The molecule has 30 heavy (non-hydrogen) atoms. The lowest BCUT2D eigenvalue weighted by Gasteiger charge is -2.35. The Labute approximate surface area is 176 Å². The fourth-order valence-electron chi connectivity index (χ4n) is 3.78. The van der Waals surface area contributed by atoms with Gasteiger partial charge in [-0.15, -0.1) is 0 Å². The van der Waals surface area contributed by atoms with Crippen LogP contribution in [0.2, 0.25) is 0 Å². The van der Waals surface area contributed by atoms with E-state index in [9.17, 15) is 9.90 Å². The molecular weight excluding hydrogens is 384 g/mol. The van der Waals surface area contributed by atoms with Gasteiger partial charge in [-0.25, -0.2) is 0 Å². The van der Waals surface area contributed by atoms with Crippen molar-refractivity contribution in [1.82, 2.24) is 9.80 Å². The zero-order valence-electron chi connectivity index (χ0n) is 17.3. The van der Waals surface area contributed by atoms with E-state index < -0.39 is 6.10 Å². The lowest BCUT2D eigenvalue weighted by Crippen LogP contribution is -2.48. The van der Waals surface area contributed by atoms with Gasteiger partial charge in [0.1, 0.15) is 18.5 Å². The van der Waals surface area contributed by atoms with Gasteiger partial charge in [0.2, 0.25) is 6.79 Å². The number of rotatable bonds is 8. The third-order valence-electron chi connectivity index (χ3n) is 5.46. The summed E-state index contributed by atoms with van der Waals surface area (Å²) in [6, 6.07) is 13.2. The van der Waals surface area contributed by atoms with E-state index in [2.05, 4.69) is 21.9 Å². The highest BCUT2D eigenvalue weighted by atomic mass is 16.7. The zero-order valence-corrected chi connectivity index (χ0v) is 17.3. The Bertz CT molecular complexity index is 880. The van der Waals surface area contributed by atoms with Gasteiger partial charge in [0, 0.05) is 44.8 Å². The van der Waals surface area contributed by atoms with Crippen LogP contribution in [-0.4, -0.2) is 72.9 Å². The maximum Gasteiger partial charge on any atom is 0.231 e. The second-order valence-electron chi connectivity index (χ2n) is 7.81. The quantitative estimate of drug-likeness (QED) is 0.667. The van der Waals surface area contributed by atoms with E-state index >= 15 is 0 Å². The number of carbonyl (C=O) groups is 1. The number of ketones is 1. The van der Waals surface area contributed by atoms with E-state index in [-0.39, 0.29) is 12.4 Å². The van der Waals surface area contributed by atoms with Crippen molar-refractivity contribution < 1.29 is 24.1 Å². The second kappa shape index (κ2) is 9.47. The van der Waals surface area contributed by atoms with Gasteiger partial charge in [-0.2, -0.15) is 0 Å². The highest BCUT2D eigenvalue weighted by Gasteiger charge is 2.21. The second-order valence-corrected chi connectivity index (χ2v) is 7.81. The summed E-state index contributed by atoms with van der Waals surface area (Å²) in [5, 5.41) is 10.4. The molecule has 1 atom stereocenters. The first kappa shape index (κ1) is 20.7. The van der Waals surface area contributed by atoms with Crippen molar-refractivity contribution in [2.24, 2.45) is 0 Å². The Morgan fingerprint density at radius 2 is 1.83 bits per heavy atom. The molecule has 0 aromatic heterocycles. The summed E-state index contributed by atoms with van der Waals surface area (Å²) in [6.45, 7) is 7.19. The van der Waals surface area contributed by atoms with E-state index in [1.807, 2.05) is 6.07 Å². The number of fused-ring (bicyclic) bond motifs is 1. The van der Waals surface area contributed by atoms with Gasteiger partial charge in [0.15, 0.2) is 17.3 Å². The lowest BCUT2D eigenvalue weighted by molar-refractivity contribution is 0.0446. The number of hydrogen-bond acceptors (Lipinski definition) is 7. The van der Waals surface area contributed by atoms with Gasteiger partial charge < -0.3 is 19.3 Å². The van der Waals surface area contributed by atoms with E-state index in [4.69, 9.17) is 14.2 Å². The molecule has 2 aliphatic rings. The molecule has 0 spiro atoms. The molecule has 7 nitrogen and oxygen atoms in total. The summed E-state index contributed by atoms with van der Waals surface area (Å²) < 4.78 is 16.5. The molecule has 2 aromatic carbocycles. The molecule has 2 aromatic rings. The Morgan fingerprint density at radius 1 is 1.07 bits per heavy atom. The van der Waals surface area contributed by atoms with Crippen LogP contribution in [0.4, 0.5) is 0 Å². The molecule has 1 fully saturated rings. The van der Waals surface area contributed by atoms with Crippen LogP contribution in [0.15, 0.2) is 42.5 Å². The monoisotopic (exact) mass is 412 g/mol. The van der Waals surface area contributed by atoms with Gasteiger partial charge in [-0.3, -0.25) is 14.6 Å². The predicted octanol–water partition coefficient (Wildman–Crippen LogP) is 2.18. The molecular formula is C23H28N2O5. The summed E-state index contributed by atoms with van der Waals surface area (Å²) >= 11 is 0. The normalized spacial score (nSPS) is 17.7. The summed E-state index contributed by atoms with van der Waals surface area (Å²) in [7, 11) is 0. The topological polar surface area (TPSA) is 71.5 Å². The van der Waals surface area contributed by atoms with Crippen molar-refractivity contribution in [3.63, 3.8) is 0 Å². The minimum Gasteiger partial charge on any atom is -0.491 e. The first-order valence-corrected chi connectivity index (χ1v) is 10.3. The smallest absolute Gasteiger partial charge is 0.231 e. The number of nitrogens with zero attached hydrogens (tertiary/aromatic N) is 2. The molecule has 1 N–H and O–H groups in total. The zero-order chi connectivity index (χ0) is 20.9. The van der Waals surface area contributed by atoms with E-state index in [0.29, 0.717) is 24.7 Å². The third kappa shape index (κ3) is 5.30. The Kier molecular flexibility index (Phi) is 6.52. The van der Waals surface area contributed by atoms with Gasteiger partial charge in [0.05, 0.1) is 0 Å². The van der Waals surface area contributed by atoms with Crippen molar-refractivity contribution in [3.8, 4) is 17.2 Å². The molecule has 2 aliphatic heterocycles. The average molecular weight is 412 g/mol. The van der Waals surface area contributed by atoms with Gasteiger partial charge in [-0.05, 0) is 36.8 Å². The Balaban J connectivity index is 1.19. The Hall–Kier alpha value is -2.61. The minimum atomic E-state index is -0.577. The SMILES string of the molecule is CC(=O)c1cccc(OC[C@@H](O)CN2CCN(Cc3ccc4c(c3)OCO4)CC2)c1. The minimum absolute atomic E-state index is 0.000354. The van der Waals surface area contributed by atoms with Crippen LogP contribution in [0, 0.1) is 0 Å². The average Bonchev–Trinajstić information content (AvgIpc) is 3.22. The predicted molar refractivity (Wildman–Crippen MR) is 112 cm³/mol. The number of carbonyl (C=O) groups excluding carboxylic acids is 1. The van der Waals surface area contributed by atoms with E-state index in [1.165, 1.54) is 12.5 Å². The maximum atomic E-state index is 11.5. The number of Topliss-reactive ketones (excluding diaryl/α,β-unsaturated/α-hetero) is 1. The van der Waals surface area contributed by atoms with Crippen LogP contribution in [0.5, 0.6) is 17.2 Å². The molecule has 0 amide bonds. The highest BCUT2D eigenvalue weighted by molar-refractivity contribution is 5.94. The summed E-state index contributed by atoms with van der Waals surface area (Å²) in [6.07, 6.45) is -0.577. The van der Waals surface area contributed by atoms with Crippen molar-refractivity contribution in [1.29, 1.82) is 0 Å². The van der Waals surface area contributed by atoms with Crippen LogP contribution in [0.25, 0.3) is 0 Å². The van der Waals surface area contributed by atoms with Gasteiger partial charge >= 0.3 is 0 Å². The fraction of sp³-hybridized carbons (Fsp3) is 0.435. The number of piperazine rings is 1. The number of aliphatic hydroxyl groups is 1. The molecule has 4 rings (SSSR count). The summed E-state index contributed by atoms with van der Waals surface area (Å²) in [5.41, 5.74) is 1.83. The molecule has 0 aliphatic carbocycles. The van der Waals surface area contributed by atoms with Gasteiger partial charge in [0.25, 0.3) is 0 Å². The standard InChI is InChI=1S/C23H28N2O5/c1-17(26)19-3-2-4-21(12-19)28-15-20(27)14-25-9-7-24(8-10-25)13-18-5-6-22-23(11-18)30-16-29-22/h2-6,11-12,20,27H,7-10,13-16H2,1H3/t20-/m0/s1. The third-order valence-corrected chi connectivity index (χ3v) is 5.46. The molecule has 0 bridgehead atoms. The lowest BCUT2D eigenvalue weighted by atomic mass is 10.1. The number of hydrogen-bond donors (Lipinski definition) is 1. The summed E-state index contributed by atoms with van der Waals surface area (Å²) in [5.74, 6) is 2.24. The number of ether oxygens (including phenoxy) is 3. The van der Waals surface area contributed by atoms with E-state index in [0.717, 1.165) is 44.2 Å². The number of benzene rings is 2. The largest absolute Gasteiger partial charge is 0.491 e. The van der Waals surface area contributed by atoms with E-state index in [1.54, 1.807) is 24.3 Å². The van der Waals surface area contributed by atoms with Crippen LogP contribution in [0.3, 0.4) is 0 Å². The highest BCUT2D eigenvalue weighted by Crippen LogP contribution is 2.32. The Morgan fingerprint density at radius 3 is 2.63 bits per heavy atom. The van der Waals surface area contributed by atoms with Crippen molar-refractivity contribution in [2.45, 2.75) is 19.6 Å². The van der Waals surface area contributed by atoms with Crippen molar-refractivity contribution in [2.75, 3.05) is 46.1 Å². The van der Waals surface area contributed by atoms with Crippen LogP contribution >= 0.6 is 0 Å². The first-order chi connectivity index (χ1) is 14.6. The molecule has 0 unspecified atom stereocenters. The van der Waals surface area contributed by atoms with Crippen LogP contribution < -0.4 is 14.2 Å².